The highest BCUT2D eigenvalue weighted by atomic mass is 35.6. The second kappa shape index (κ2) is 4.54. The van der Waals surface area contributed by atoms with Gasteiger partial charge in [-0.3, -0.25) is 0 Å². The number of allylic oxidation sites excluding steroid dienone is 2. The molecule has 0 amide bonds. The van der Waals surface area contributed by atoms with Crippen LogP contribution in [0, 0.1) is 0 Å². The quantitative estimate of drug-likeness (QED) is 0.521. The van der Waals surface area contributed by atoms with E-state index in [1.54, 1.807) is 0 Å². The second-order valence-corrected chi connectivity index (χ2v) is 5.08. The smallest absolute Gasteiger partial charge is 0.363 e. The summed E-state index contributed by atoms with van der Waals surface area (Å²) in [6.45, 7) is 0. The third kappa shape index (κ3) is 3.75. The minimum Gasteiger partial charge on any atom is -0.428 e. The van der Waals surface area contributed by atoms with E-state index in [4.69, 9.17) is 39.5 Å². The maximum Gasteiger partial charge on any atom is 0.363 e. The minimum atomic E-state index is -1.97. The van der Waals surface area contributed by atoms with Crippen molar-refractivity contribution in [3.8, 4) is 0 Å². The summed E-state index contributed by atoms with van der Waals surface area (Å²) in [5, 5.41) is 0. The normalized spacial score (nSPS) is 17.9. The summed E-state index contributed by atoms with van der Waals surface area (Å²) in [6, 6.07) is 0. The molecule has 5 heteroatoms. The van der Waals surface area contributed by atoms with Gasteiger partial charge in [-0.25, -0.2) is 4.79 Å². The predicted octanol–water partition coefficient (Wildman–Crippen LogP) is 3.36. The van der Waals surface area contributed by atoms with Crippen molar-refractivity contribution in [2.75, 3.05) is 0 Å². The number of esters is 1. The topological polar surface area (TPSA) is 26.3 Å². The zero-order valence-electron chi connectivity index (χ0n) is 6.86. The van der Waals surface area contributed by atoms with Crippen LogP contribution in [0.25, 0.3) is 0 Å². The Morgan fingerprint density at radius 3 is 2.54 bits per heavy atom. The summed E-state index contributed by atoms with van der Waals surface area (Å²) in [4.78, 5) is 11.1. The van der Waals surface area contributed by atoms with Crippen molar-refractivity contribution in [1.82, 2.24) is 0 Å². The summed E-state index contributed by atoms with van der Waals surface area (Å²) in [5.41, 5.74) is 0. The first-order valence-electron chi connectivity index (χ1n) is 3.98. The van der Waals surface area contributed by atoms with Crippen molar-refractivity contribution in [3.05, 3.63) is 11.8 Å². The van der Waals surface area contributed by atoms with Gasteiger partial charge < -0.3 is 4.74 Å². The molecule has 0 radical (unpaired) electrons. The van der Waals surface area contributed by atoms with Crippen molar-refractivity contribution in [2.24, 2.45) is 0 Å². The van der Waals surface area contributed by atoms with Crippen molar-refractivity contribution in [3.63, 3.8) is 0 Å². The highest BCUT2D eigenvalue weighted by Crippen LogP contribution is 2.30. The SMILES string of the molecule is O=C(OC1=CCCCC1)C(Cl)(Cl)Cl. The van der Waals surface area contributed by atoms with Gasteiger partial charge in [-0.2, -0.15) is 0 Å². The van der Waals surface area contributed by atoms with Crippen LogP contribution in [-0.2, 0) is 9.53 Å². The van der Waals surface area contributed by atoms with Crippen molar-refractivity contribution < 1.29 is 9.53 Å². The number of ether oxygens (including phenoxy) is 1. The van der Waals surface area contributed by atoms with E-state index in [0.717, 1.165) is 25.7 Å². The Kier molecular flexibility index (Phi) is 3.89. The molecule has 13 heavy (non-hydrogen) atoms. The maximum absolute atomic E-state index is 11.1. The molecule has 1 aliphatic rings. The molecule has 0 aromatic carbocycles. The lowest BCUT2D eigenvalue weighted by Gasteiger charge is -2.15. The predicted molar refractivity (Wildman–Crippen MR) is 52.9 cm³/mol. The first-order valence-corrected chi connectivity index (χ1v) is 5.11. The van der Waals surface area contributed by atoms with Gasteiger partial charge in [0.15, 0.2) is 0 Å². The first-order chi connectivity index (χ1) is 6.00. The average molecular weight is 244 g/mol. The van der Waals surface area contributed by atoms with Crippen LogP contribution in [0.2, 0.25) is 0 Å². The van der Waals surface area contributed by atoms with Crippen LogP contribution in [0.4, 0.5) is 0 Å². The van der Waals surface area contributed by atoms with Gasteiger partial charge in [-0.05, 0) is 25.3 Å². The van der Waals surface area contributed by atoms with Crippen LogP contribution in [0.3, 0.4) is 0 Å². The Hall–Kier alpha value is 0.0800. The standard InChI is InChI=1S/C8H9Cl3O2/c9-8(10,11)7(12)13-6-4-2-1-3-5-6/h4H,1-3,5H2. The van der Waals surface area contributed by atoms with E-state index in [2.05, 4.69) is 0 Å². The van der Waals surface area contributed by atoms with Crippen molar-refractivity contribution in [2.45, 2.75) is 29.5 Å². The molecule has 74 valence electrons. The number of alkyl halides is 3. The molecule has 0 aliphatic heterocycles. The highest BCUT2D eigenvalue weighted by molar-refractivity contribution is 6.75. The monoisotopic (exact) mass is 242 g/mol. The van der Waals surface area contributed by atoms with Gasteiger partial charge in [-0.15, -0.1) is 0 Å². The third-order valence-corrected chi connectivity index (χ3v) is 2.17. The molecule has 0 fully saturated rings. The fourth-order valence-corrected chi connectivity index (χ4v) is 1.19. The van der Waals surface area contributed by atoms with Crippen molar-refractivity contribution in [1.29, 1.82) is 0 Å². The number of hydrogen-bond acceptors (Lipinski definition) is 2. The zero-order chi connectivity index (χ0) is 9.90. The van der Waals surface area contributed by atoms with Crippen LogP contribution in [0.5, 0.6) is 0 Å². The minimum absolute atomic E-state index is 0.613. The van der Waals surface area contributed by atoms with E-state index in [1.165, 1.54) is 0 Å². The fourth-order valence-electron chi connectivity index (χ4n) is 1.08. The molecule has 0 atom stereocenters. The van der Waals surface area contributed by atoms with Crippen LogP contribution < -0.4 is 0 Å². The molecule has 0 bridgehead atoms. The molecular weight excluding hydrogens is 234 g/mol. The molecule has 1 rings (SSSR count). The Bertz CT molecular complexity index is 230. The Morgan fingerprint density at radius 2 is 2.08 bits per heavy atom. The number of hydrogen-bond donors (Lipinski definition) is 0. The van der Waals surface area contributed by atoms with Gasteiger partial charge in [0, 0.05) is 6.42 Å². The molecule has 0 heterocycles. The highest BCUT2D eigenvalue weighted by Gasteiger charge is 2.33. The molecule has 0 aromatic heterocycles. The van der Waals surface area contributed by atoms with E-state index in [9.17, 15) is 4.79 Å². The fraction of sp³-hybridized carbons (Fsp3) is 0.625. The van der Waals surface area contributed by atoms with Crippen LogP contribution in [0.1, 0.15) is 25.7 Å². The molecule has 0 saturated carbocycles. The number of carbonyl (C=O) groups is 1. The summed E-state index contributed by atoms with van der Waals surface area (Å²) in [7, 11) is 0. The summed E-state index contributed by atoms with van der Waals surface area (Å²) in [5.74, 6) is -0.215. The third-order valence-electron chi connectivity index (χ3n) is 1.70. The molecule has 0 saturated heterocycles. The van der Waals surface area contributed by atoms with E-state index in [-0.39, 0.29) is 0 Å². The molecule has 0 unspecified atom stereocenters. The number of halogens is 3. The van der Waals surface area contributed by atoms with Gasteiger partial charge in [0.2, 0.25) is 0 Å². The van der Waals surface area contributed by atoms with E-state index in [1.807, 2.05) is 6.08 Å². The maximum atomic E-state index is 11.1. The van der Waals surface area contributed by atoms with Crippen molar-refractivity contribution >= 4 is 40.8 Å². The lowest BCUT2D eigenvalue weighted by atomic mass is 10.1. The number of rotatable bonds is 1. The average Bonchev–Trinajstić information content (AvgIpc) is 2.04. The molecule has 0 N–H and O–H groups in total. The zero-order valence-corrected chi connectivity index (χ0v) is 9.12. The first kappa shape index (κ1) is 11.2. The lowest BCUT2D eigenvalue weighted by Crippen LogP contribution is -2.22. The van der Waals surface area contributed by atoms with E-state index in [0.29, 0.717) is 5.76 Å². The van der Waals surface area contributed by atoms with Crippen LogP contribution in [0.15, 0.2) is 11.8 Å². The molecule has 2 nitrogen and oxygen atoms in total. The second-order valence-electron chi connectivity index (χ2n) is 2.80. The molecule has 0 spiro atoms. The summed E-state index contributed by atoms with van der Waals surface area (Å²) >= 11 is 16.0. The van der Waals surface area contributed by atoms with Gasteiger partial charge in [0.05, 0.1) is 0 Å². The van der Waals surface area contributed by atoms with E-state index < -0.39 is 9.76 Å². The van der Waals surface area contributed by atoms with Gasteiger partial charge in [-0.1, -0.05) is 34.8 Å². The Labute approximate surface area is 91.8 Å². The van der Waals surface area contributed by atoms with E-state index >= 15 is 0 Å². The van der Waals surface area contributed by atoms with Gasteiger partial charge in [0.1, 0.15) is 5.76 Å². The largest absolute Gasteiger partial charge is 0.428 e. The Morgan fingerprint density at radius 1 is 1.38 bits per heavy atom. The lowest BCUT2D eigenvalue weighted by molar-refractivity contribution is -0.138. The molecule has 0 aromatic rings. The summed E-state index contributed by atoms with van der Waals surface area (Å²) < 4.78 is 2.91. The van der Waals surface area contributed by atoms with Crippen LogP contribution in [-0.4, -0.2) is 9.76 Å². The van der Waals surface area contributed by atoms with Gasteiger partial charge >= 0.3 is 5.97 Å². The molecule has 1 aliphatic carbocycles. The number of carbonyl (C=O) groups excluding carboxylic acids is 1. The summed E-state index contributed by atoms with van der Waals surface area (Å²) in [6.07, 6.45) is 5.65. The van der Waals surface area contributed by atoms with Crippen LogP contribution >= 0.6 is 34.8 Å². The van der Waals surface area contributed by atoms with Gasteiger partial charge in [0.25, 0.3) is 3.79 Å². The Balaban J connectivity index is 2.49. The molecular formula is C8H9Cl3O2.